The maximum atomic E-state index is 12.7. The fraction of sp³-hybridized carbons (Fsp3) is 0.318. The van der Waals surface area contributed by atoms with Gasteiger partial charge in [0.05, 0.1) is 35.6 Å². The van der Waals surface area contributed by atoms with Gasteiger partial charge in [0, 0.05) is 11.4 Å². The maximum absolute atomic E-state index is 12.7. The fourth-order valence-corrected chi connectivity index (χ4v) is 3.59. The summed E-state index contributed by atoms with van der Waals surface area (Å²) in [7, 11) is 0. The van der Waals surface area contributed by atoms with Gasteiger partial charge in [-0.05, 0) is 39.0 Å². The van der Waals surface area contributed by atoms with Gasteiger partial charge >= 0.3 is 0 Å². The number of fused-ring (bicyclic) bond motifs is 2. The maximum Gasteiger partial charge on any atom is 0.274 e. The number of hydrogen-bond donors (Lipinski definition) is 1. The number of carbonyl (C=O) groups excluding carboxylic acids is 1. The highest BCUT2D eigenvalue weighted by Gasteiger charge is 2.17. The molecule has 0 aliphatic heterocycles. The first-order valence-corrected chi connectivity index (χ1v) is 10.0. The molecule has 0 saturated carbocycles. The van der Waals surface area contributed by atoms with E-state index in [0.717, 1.165) is 11.0 Å². The van der Waals surface area contributed by atoms with E-state index in [9.17, 15) is 9.59 Å². The van der Waals surface area contributed by atoms with Crippen LogP contribution >= 0.6 is 0 Å². The molecule has 8 nitrogen and oxygen atoms in total. The zero-order chi connectivity index (χ0) is 21.3. The topological polar surface area (TPSA) is 94.7 Å². The summed E-state index contributed by atoms with van der Waals surface area (Å²) in [6, 6.07) is 14.8. The predicted octanol–water partition coefficient (Wildman–Crippen LogP) is 2.47. The number of amides is 1. The lowest BCUT2D eigenvalue weighted by Crippen LogP contribution is -2.37. The molecule has 0 aliphatic rings. The molecule has 0 spiro atoms. The van der Waals surface area contributed by atoms with E-state index in [1.165, 1.54) is 4.68 Å². The highest BCUT2D eigenvalue weighted by Crippen LogP contribution is 2.15. The van der Waals surface area contributed by atoms with Gasteiger partial charge in [0.15, 0.2) is 0 Å². The first-order valence-electron chi connectivity index (χ1n) is 10.0. The average Bonchev–Trinajstić information content (AvgIpc) is 3.12. The number of nitrogens with one attached hydrogen (secondary N) is 1. The first kappa shape index (κ1) is 19.8. The molecule has 4 rings (SSSR count). The van der Waals surface area contributed by atoms with Crippen LogP contribution in [-0.2, 0) is 17.8 Å². The summed E-state index contributed by atoms with van der Waals surface area (Å²) in [5.41, 5.74) is 2.20. The molecule has 1 atom stereocenters. The largest absolute Gasteiger partial charge is 0.351 e. The average molecular weight is 404 g/mol. The van der Waals surface area contributed by atoms with E-state index in [1.807, 2.05) is 63.2 Å². The Labute approximate surface area is 173 Å². The minimum Gasteiger partial charge on any atom is -0.351 e. The second-order valence-corrected chi connectivity index (χ2v) is 7.74. The van der Waals surface area contributed by atoms with Crippen molar-refractivity contribution in [3.63, 3.8) is 0 Å². The summed E-state index contributed by atoms with van der Waals surface area (Å²) in [5, 5.41) is 17.1. The molecule has 1 amide bonds. The summed E-state index contributed by atoms with van der Waals surface area (Å²) < 4.78 is 3.22. The minimum absolute atomic E-state index is 0.0932. The van der Waals surface area contributed by atoms with E-state index in [2.05, 4.69) is 20.7 Å². The standard InChI is InChI=1S/C22H24N6O2/c1-14(2)28-22(30)17-9-5-4-8-16(17)19(25-28)12-21(29)23-15(3)13-27-20-11-7-6-10-18(20)24-26-27/h4-11,14-15H,12-13H2,1-3H3,(H,23,29)/t15-/m0/s1. The fourth-order valence-electron chi connectivity index (χ4n) is 3.59. The first-order chi connectivity index (χ1) is 14.4. The van der Waals surface area contributed by atoms with Crippen molar-refractivity contribution in [3.05, 3.63) is 64.6 Å². The molecule has 2 heterocycles. The van der Waals surface area contributed by atoms with Crippen LogP contribution < -0.4 is 10.9 Å². The Morgan fingerprint density at radius 3 is 2.50 bits per heavy atom. The minimum atomic E-state index is -0.154. The summed E-state index contributed by atoms with van der Waals surface area (Å²) >= 11 is 0. The molecule has 0 aliphatic carbocycles. The molecule has 0 fully saturated rings. The molecule has 0 saturated heterocycles. The molecule has 1 N–H and O–H groups in total. The lowest BCUT2D eigenvalue weighted by molar-refractivity contribution is -0.121. The van der Waals surface area contributed by atoms with Crippen molar-refractivity contribution in [2.45, 2.75) is 45.8 Å². The third-order valence-electron chi connectivity index (χ3n) is 5.00. The summed E-state index contributed by atoms with van der Waals surface area (Å²) in [6.07, 6.45) is 0.0932. The van der Waals surface area contributed by atoms with E-state index in [-0.39, 0.29) is 30.0 Å². The number of benzene rings is 2. The molecule has 154 valence electrons. The zero-order valence-corrected chi connectivity index (χ0v) is 17.2. The van der Waals surface area contributed by atoms with Gasteiger partial charge < -0.3 is 5.32 Å². The number of aromatic nitrogens is 5. The van der Waals surface area contributed by atoms with Crippen LogP contribution in [0.15, 0.2) is 53.3 Å². The monoisotopic (exact) mass is 404 g/mol. The van der Waals surface area contributed by atoms with E-state index < -0.39 is 0 Å². The van der Waals surface area contributed by atoms with Gasteiger partial charge in [0.1, 0.15) is 5.52 Å². The Balaban J connectivity index is 1.53. The quantitative estimate of drug-likeness (QED) is 0.533. The summed E-state index contributed by atoms with van der Waals surface area (Å²) in [4.78, 5) is 25.4. The molecule has 4 aromatic rings. The second kappa shape index (κ2) is 8.06. The van der Waals surface area contributed by atoms with Gasteiger partial charge in [-0.1, -0.05) is 35.5 Å². The van der Waals surface area contributed by atoms with Crippen molar-refractivity contribution in [3.8, 4) is 0 Å². The van der Waals surface area contributed by atoms with E-state index in [0.29, 0.717) is 23.0 Å². The lowest BCUT2D eigenvalue weighted by Gasteiger charge is -2.16. The molecule has 2 aromatic carbocycles. The van der Waals surface area contributed by atoms with Crippen molar-refractivity contribution in [2.24, 2.45) is 0 Å². The molecule has 0 bridgehead atoms. The summed E-state index contributed by atoms with van der Waals surface area (Å²) in [6.45, 7) is 6.23. The van der Waals surface area contributed by atoms with Crippen LogP contribution in [-0.4, -0.2) is 36.7 Å². The van der Waals surface area contributed by atoms with Gasteiger partial charge in [-0.3, -0.25) is 9.59 Å². The van der Waals surface area contributed by atoms with Crippen LogP contribution in [0.25, 0.3) is 21.8 Å². The highest BCUT2D eigenvalue weighted by molar-refractivity contribution is 5.88. The molecular weight excluding hydrogens is 380 g/mol. The number of carbonyl (C=O) groups is 1. The normalized spacial score (nSPS) is 12.5. The van der Waals surface area contributed by atoms with Crippen LogP contribution in [0, 0.1) is 0 Å². The van der Waals surface area contributed by atoms with E-state index >= 15 is 0 Å². The van der Waals surface area contributed by atoms with Crippen molar-refractivity contribution in [1.29, 1.82) is 0 Å². The molecule has 2 aromatic heterocycles. The van der Waals surface area contributed by atoms with Crippen LogP contribution in [0.3, 0.4) is 0 Å². The number of nitrogens with zero attached hydrogens (tertiary/aromatic N) is 5. The second-order valence-electron chi connectivity index (χ2n) is 7.74. The molecule has 8 heteroatoms. The van der Waals surface area contributed by atoms with Gasteiger partial charge in [-0.2, -0.15) is 5.10 Å². The van der Waals surface area contributed by atoms with Gasteiger partial charge in [-0.15, -0.1) is 5.10 Å². The predicted molar refractivity (Wildman–Crippen MR) is 115 cm³/mol. The summed E-state index contributed by atoms with van der Waals surface area (Å²) in [5.74, 6) is -0.154. The molecule has 0 radical (unpaired) electrons. The van der Waals surface area contributed by atoms with Crippen molar-refractivity contribution >= 4 is 27.7 Å². The third-order valence-corrected chi connectivity index (χ3v) is 5.00. The Hall–Kier alpha value is -3.55. The van der Waals surface area contributed by atoms with E-state index in [1.54, 1.807) is 10.7 Å². The van der Waals surface area contributed by atoms with Gasteiger partial charge in [-0.25, -0.2) is 9.36 Å². The SMILES string of the molecule is CC(C)n1nc(CC(=O)N[C@@H](C)Cn2nnc3ccccc32)c2ccccc2c1=O. The molecule has 30 heavy (non-hydrogen) atoms. The molecule has 0 unspecified atom stereocenters. The number of hydrogen-bond acceptors (Lipinski definition) is 5. The highest BCUT2D eigenvalue weighted by atomic mass is 16.2. The number of rotatable bonds is 6. The third kappa shape index (κ3) is 3.80. The Kier molecular flexibility index (Phi) is 5.31. The van der Waals surface area contributed by atoms with Gasteiger partial charge in [0.2, 0.25) is 5.91 Å². The van der Waals surface area contributed by atoms with Gasteiger partial charge in [0.25, 0.3) is 5.56 Å². The van der Waals surface area contributed by atoms with Crippen LogP contribution in [0.2, 0.25) is 0 Å². The number of para-hydroxylation sites is 1. The van der Waals surface area contributed by atoms with Crippen LogP contribution in [0.1, 0.15) is 32.5 Å². The Bertz CT molecular complexity index is 1270. The van der Waals surface area contributed by atoms with Crippen LogP contribution in [0.4, 0.5) is 0 Å². The zero-order valence-electron chi connectivity index (χ0n) is 17.2. The van der Waals surface area contributed by atoms with Crippen LogP contribution in [0.5, 0.6) is 0 Å². The van der Waals surface area contributed by atoms with Crippen molar-refractivity contribution < 1.29 is 4.79 Å². The van der Waals surface area contributed by atoms with Crippen molar-refractivity contribution in [2.75, 3.05) is 0 Å². The lowest BCUT2D eigenvalue weighted by atomic mass is 10.1. The van der Waals surface area contributed by atoms with E-state index in [4.69, 9.17) is 0 Å². The van der Waals surface area contributed by atoms with Crippen molar-refractivity contribution in [1.82, 2.24) is 30.1 Å². The Morgan fingerprint density at radius 2 is 1.73 bits per heavy atom. The molecular formula is C22H24N6O2. The smallest absolute Gasteiger partial charge is 0.274 e. The Morgan fingerprint density at radius 1 is 1.03 bits per heavy atom.